The predicted molar refractivity (Wildman–Crippen MR) is 361 cm³/mol. The standard InChI is InChI=1S/C76H51B2N7S/c1-7-26-52(27-8-1)81(53-28-9-2-10-29-53)58-46-69-74-70(47-58)85(65-41-22-19-38-60(65)76-79-44-25-45-80-76)68-51-72-64(50-63(68)77(74)61-39-20-23-42-66(61)83(69)56-34-15-5-16-35-56)78-62-40-21-24-43-67(62)84(57-36-17-6-18-37-57)71-48-59(49-73(86-72)75(71)78)82(54-30-11-3-12-31-54)55-32-13-4-14-33-55/h1-51H. The predicted octanol–water partition coefficient (Wildman–Crippen LogP) is 15.9. The van der Waals surface area contributed by atoms with Crippen LogP contribution in [0.25, 0.3) is 11.4 Å². The first-order chi connectivity index (χ1) is 42.7. The van der Waals surface area contributed by atoms with E-state index < -0.39 is 0 Å². The molecule has 12 aromatic carbocycles. The monoisotopic (exact) mass is 1120 g/mol. The van der Waals surface area contributed by atoms with Crippen LogP contribution in [0.4, 0.5) is 85.3 Å². The average Bonchev–Trinajstić information content (AvgIpc) is 0.795. The van der Waals surface area contributed by atoms with Crippen molar-refractivity contribution in [2.75, 3.05) is 24.5 Å². The molecule has 17 rings (SSSR count). The summed E-state index contributed by atoms with van der Waals surface area (Å²) in [6, 6.07) is 109. The topological polar surface area (TPSA) is 42.0 Å². The van der Waals surface area contributed by atoms with E-state index >= 15 is 0 Å². The first kappa shape index (κ1) is 49.8. The Morgan fingerprint density at radius 3 is 1.20 bits per heavy atom. The number of nitrogens with zero attached hydrogens (tertiary/aromatic N) is 7. The lowest BCUT2D eigenvalue weighted by Crippen LogP contribution is -2.64. The van der Waals surface area contributed by atoms with Gasteiger partial charge >= 0.3 is 0 Å². The molecule has 0 spiro atoms. The minimum Gasteiger partial charge on any atom is -0.311 e. The molecule has 7 nitrogen and oxygen atoms in total. The van der Waals surface area contributed by atoms with Crippen LogP contribution >= 0.6 is 11.8 Å². The second kappa shape index (κ2) is 20.5. The van der Waals surface area contributed by atoms with Crippen LogP contribution in [0, 0.1) is 0 Å². The molecule has 13 aromatic rings. The molecule has 0 radical (unpaired) electrons. The summed E-state index contributed by atoms with van der Waals surface area (Å²) in [5, 5.41) is 0. The van der Waals surface area contributed by atoms with Gasteiger partial charge < -0.3 is 24.5 Å². The first-order valence-electron chi connectivity index (χ1n) is 29.3. The van der Waals surface area contributed by atoms with Gasteiger partial charge in [-0.1, -0.05) is 181 Å². The average molecular weight is 1120 g/mol. The zero-order valence-electron chi connectivity index (χ0n) is 46.6. The molecule has 0 saturated carbocycles. The van der Waals surface area contributed by atoms with Crippen LogP contribution in [0.1, 0.15) is 0 Å². The van der Waals surface area contributed by atoms with Gasteiger partial charge in [-0.15, -0.1) is 0 Å². The highest BCUT2D eigenvalue weighted by Gasteiger charge is 2.48. The highest BCUT2D eigenvalue weighted by atomic mass is 32.2. The van der Waals surface area contributed by atoms with E-state index in [9.17, 15) is 0 Å². The maximum Gasteiger partial charge on any atom is 0.252 e. The fourth-order valence-electron chi connectivity index (χ4n) is 13.8. The zero-order valence-corrected chi connectivity index (χ0v) is 47.5. The van der Waals surface area contributed by atoms with Crippen LogP contribution in [-0.2, 0) is 0 Å². The van der Waals surface area contributed by atoms with Gasteiger partial charge in [0.05, 0.1) is 11.4 Å². The quantitative estimate of drug-likeness (QED) is 0.126. The highest BCUT2D eigenvalue weighted by molar-refractivity contribution is 8.00. The number of hydrogen-bond acceptors (Lipinski definition) is 8. The molecular weight excluding hydrogens is 1060 g/mol. The van der Waals surface area contributed by atoms with E-state index in [-0.39, 0.29) is 13.4 Å². The number of fused-ring (bicyclic) bond motifs is 8. The Morgan fingerprint density at radius 2 is 0.686 bits per heavy atom. The SMILES string of the molecule is c1ccc(N(c2ccccc2)c2cc3c4c(c2)N(c2ccccc2)c2ccccc2B4c2cc4c(cc2S3)N(c2ccccc2-c2ncccn2)c2cc(N(c3ccccc3)c3ccccc3)cc3c2B4c2ccccc2N3c2ccccc2)cc1. The molecule has 0 aliphatic carbocycles. The molecule has 4 aliphatic rings. The summed E-state index contributed by atoms with van der Waals surface area (Å²) in [7, 11) is 0. The number of para-hydroxylation sites is 9. The van der Waals surface area contributed by atoms with Gasteiger partial charge in [0.1, 0.15) is 0 Å². The third-order valence-corrected chi connectivity index (χ3v) is 18.4. The van der Waals surface area contributed by atoms with Crippen molar-refractivity contribution in [1.29, 1.82) is 0 Å². The highest BCUT2D eigenvalue weighted by Crippen LogP contribution is 2.52. The van der Waals surface area contributed by atoms with Crippen molar-refractivity contribution in [3.05, 3.63) is 310 Å². The molecule has 5 heterocycles. The molecule has 0 saturated heterocycles. The minimum atomic E-state index is -0.165. The minimum absolute atomic E-state index is 0.0969. The summed E-state index contributed by atoms with van der Waals surface area (Å²) in [6.45, 7) is -0.262. The number of hydrogen-bond donors (Lipinski definition) is 0. The van der Waals surface area contributed by atoms with Crippen LogP contribution in [0.2, 0.25) is 0 Å². The Kier molecular flexibility index (Phi) is 11.9. The number of benzene rings is 12. The maximum absolute atomic E-state index is 4.96. The molecule has 0 fully saturated rings. The number of anilines is 15. The van der Waals surface area contributed by atoms with Crippen LogP contribution in [0.15, 0.2) is 319 Å². The summed E-state index contributed by atoms with van der Waals surface area (Å²) >= 11 is 1.89. The van der Waals surface area contributed by atoms with Crippen LogP contribution < -0.4 is 57.3 Å². The van der Waals surface area contributed by atoms with Crippen molar-refractivity contribution in [3.8, 4) is 11.4 Å². The normalized spacial score (nSPS) is 13.0. The first-order valence-corrected chi connectivity index (χ1v) is 30.1. The molecule has 10 heteroatoms. The lowest BCUT2D eigenvalue weighted by Gasteiger charge is -2.46. The van der Waals surface area contributed by atoms with Gasteiger partial charge in [-0.25, -0.2) is 9.97 Å². The summed E-state index contributed by atoms with van der Waals surface area (Å²) in [6.07, 6.45) is 3.69. The molecule has 4 aliphatic heterocycles. The van der Waals surface area contributed by atoms with E-state index in [2.05, 4.69) is 316 Å². The fraction of sp³-hybridized carbons (Fsp3) is 0. The number of aromatic nitrogens is 2. The van der Waals surface area contributed by atoms with Crippen molar-refractivity contribution >= 4 is 143 Å². The summed E-state index contributed by atoms with van der Waals surface area (Å²) in [5.41, 5.74) is 24.9. The smallest absolute Gasteiger partial charge is 0.252 e. The maximum atomic E-state index is 4.96. The molecule has 86 heavy (non-hydrogen) atoms. The van der Waals surface area contributed by atoms with Crippen molar-refractivity contribution < 1.29 is 0 Å². The molecule has 0 N–H and O–H groups in total. The van der Waals surface area contributed by atoms with Gasteiger partial charge in [0.15, 0.2) is 5.82 Å². The van der Waals surface area contributed by atoms with E-state index in [1.807, 2.05) is 30.2 Å². The van der Waals surface area contributed by atoms with Crippen molar-refractivity contribution in [2.45, 2.75) is 9.79 Å². The van der Waals surface area contributed by atoms with Gasteiger partial charge in [0.2, 0.25) is 6.71 Å². The van der Waals surface area contributed by atoms with E-state index in [0.29, 0.717) is 5.82 Å². The van der Waals surface area contributed by atoms with Gasteiger partial charge in [-0.05, 0) is 161 Å². The van der Waals surface area contributed by atoms with Crippen LogP contribution in [-0.4, -0.2) is 23.4 Å². The van der Waals surface area contributed by atoms with Crippen molar-refractivity contribution in [1.82, 2.24) is 9.97 Å². The Balaban J connectivity index is 0.974. The van der Waals surface area contributed by atoms with Crippen molar-refractivity contribution in [3.63, 3.8) is 0 Å². The van der Waals surface area contributed by atoms with E-state index in [1.54, 1.807) is 0 Å². The van der Waals surface area contributed by atoms with Gasteiger partial charge in [0, 0.05) is 102 Å². The molecule has 0 amide bonds. The van der Waals surface area contributed by atoms with Crippen molar-refractivity contribution in [2.24, 2.45) is 0 Å². The molecule has 0 atom stereocenters. The molecular formula is C76H51B2N7S. The second-order valence-corrected chi connectivity index (χ2v) is 23.2. The third kappa shape index (κ3) is 8.01. The van der Waals surface area contributed by atoms with Gasteiger partial charge in [0.25, 0.3) is 6.71 Å². The Labute approximate surface area is 505 Å². The lowest BCUT2D eigenvalue weighted by molar-refractivity contribution is 1.16. The second-order valence-electron chi connectivity index (χ2n) is 22.1. The molecule has 402 valence electrons. The third-order valence-electron chi connectivity index (χ3n) is 17.3. The number of rotatable bonds is 10. The van der Waals surface area contributed by atoms with Crippen LogP contribution in [0.3, 0.4) is 0 Å². The Bertz CT molecular complexity index is 4640. The zero-order chi connectivity index (χ0) is 56.7. The molecule has 0 unspecified atom stereocenters. The fourth-order valence-corrected chi connectivity index (χ4v) is 15.1. The molecule has 1 aromatic heterocycles. The van der Waals surface area contributed by atoms with E-state index in [1.165, 1.54) is 53.9 Å². The van der Waals surface area contributed by atoms with Gasteiger partial charge in [-0.3, -0.25) is 0 Å². The summed E-state index contributed by atoms with van der Waals surface area (Å²) in [5.74, 6) is 0.660. The van der Waals surface area contributed by atoms with Gasteiger partial charge in [-0.2, -0.15) is 0 Å². The van der Waals surface area contributed by atoms with Crippen LogP contribution in [0.5, 0.6) is 0 Å². The summed E-state index contributed by atoms with van der Waals surface area (Å²) in [4.78, 5) is 24.7. The summed E-state index contributed by atoms with van der Waals surface area (Å²) < 4.78 is 0. The van der Waals surface area contributed by atoms with E-state index in [4.69, 9.17) is 9.97 Å². The largest absolute Gasteiger partial charge is 0.311 e. The van der Waals surface area contributed by atoms with E-state index in [0.717, 1.165) is 79.5 Å². The lowest BCUT2D eigenvalue weighted by atomic mass is 9.31. The Morgan fingerprint density at radius 1 is 0.279 bits per heavy atom. The Hall–Kier alpha value is -10.8. The molecule has 0 bridgehead atoms.